The van der Waals surface area contributed by atoms with Gasteiger partial charge in [0.15, 0.2) is 0 Å². The Bertz CT molecular complexity index is 529. The standard InChI is InChI=1S/C11H11ClN2O2/c1-6(15)8-3-7(12)4-9-10(8)13-5-14-11(9)16-2/h3-6,15H,1-2H3. The van der Waals surface area contributed by atoms with Crippen LogP contribution in [0.4, 0.5) is 0 Å². The molecule has 0 saturated carbocycles. The summed E-state index contributed by atoms with van der Waals surface area (Å²) in [5.74, 6) is 0.453. The molecule has 0 fully saturated rings. The Morgan fingerprint density at radius 1 is 1.38 bits per heavy atom. The van der Waals surface area contributed by atoms with Gasteiger partial charge in [0.1, 0.15) is 6.33 Å². The second kappa shape index (κ2) is 4.23. The van der Waals surface area contributed by atoms with Crippen LogP contribution in [0.15, 0.2) is 18.5 Å². The number of ether oxygens (including phenoxy) is 1. The fraction of sp³-hybridized carbons (Fsp3) is 0.273. The molecule has 16 heavy (non-hydrogen) atoms. The van der Waals surface area contributed by atoms with Crippen molar-refractivity contribution in [1.82, 2.24) is 9.97 Å². The van der Waals surface area contributed by atoms with Crippen LogP contribution in [-0.4, -0.2) is 22.2 Å². The number of hydrogen-bond donors (Lipinski definition) is 1. The molecule has 2 aromatic rings. The monoisotopic (exact) mass is 238 g/mol. The molecule has 0 saturated heterocycles. The number of aliphatic hydroxyl groups excluding tert-OH is 1. The van der Waals surface area contributed by atoms with Crippen LogP contribution in [0.3, 0.4) is 0 Å². The molecular weight excluding hydrogens is 228 g/mol. The van der Waals surface area contributed by atoms with Crippen LogP contribution in [0.5, 0.6) is 5.88 Å². The molecule has 1 unspecified atom stereocenters. The van der Waals surface area contributed by atoms with Crippen LogP contribution >= 0.6 is 11.6 Å². The zero-order valence-electron chi connectivity index (χ0n) is 8.94. The number of hydrogen-bond acceptors (Lipinski definition) is 4. The second-order valence-corrected chi connectivity index (χ2v) is 3.89. The lowest BCUT2D eigenvalue weighted by atomic mass is 10.1. The third-order valence-electron chi connectivity index (χ3n) is 2.34. The first-order valence-corrected chi connectivity index (χ1v) is 5.17. The van der Waals surface area contributed by atoms with E-state index >= 15 is 0 Å². The van der Waals surface area contributed by atoms with Crippen molar-refractivity contribution in [2.75, 3.05) is 7.11 Å². The number of aliphatic hydroxyl groups is 1. The summed E-state index contributed by atoms with van der Waals surface area (Å²) in [7, 11) is 1.53. The average molecular weight is 239 g/mol. The van der Waals surface area contributed by atoms with E-state index in [0.717, 1.165) is 0 Å². The van der Waals surface area contributed by atoms with Crippen molar-refractivity contribution in [2.45, 2.75) is 13.0 Å². The van der Waals surface area contributed by atoms with Crippen molar-refractivity contribution < 1.29 is 9.84 Å². The summed E-state index contributed by atoms with van der Waals surface area (Å²) < 4.78 is 5.13. The Kier molecular flexibility index (Phi) is 2.94. The van der Waals surface area contributed by atoms with E-state index in [4.69, 9.17) is 16.3 Å². The summed E-state index contributed by atoms with van der Waals surface area (Å²) in [6, 6.07) is 3.42. The van der Waals surface area contributed by atoms with Crippen LogP contribution in [0.2, 0.25) is 5.02 Å². The van der Waals surface area contributed by atoms with Gasteiger partial charge in [0.2, 0.25) is 5.88 Å². The first-order valence-electron chi connectivity index (χ1n) is 4.79. The lowest BCUT2D eigenvalue weighted by molar-refractivity contribution is 0.200. The number of aromatic nitrogens is 2. The van der Waals surface area contributed by atoms with E-state index in [9.17, 15) is 5.11 Å². The lowest BCUT2D eigenvalue weighted by Crippen LogP contribution is -1.98. The molecule has 1 aromatic carbocycles. The maximum absolute atomic E-state index is 9.65. The lowest BCUT2D eigenvalue weighted by Gasteiger charge is -2.10. The largest absolute Gasteiger partial charge is 0.480 e. The highest BCUT2D eigenvalue weighted by Gasteiger charge is 2.12. The molecule has 0 amide bonds. The van der Waals surface area contributed by atoms with Gasteiger partial charge in [-0.3, -0.25) is 0 Å². The quantitative estimate of drug-likeness (QED) is 0.873. The van der Waals surface area contributed by atoms with Gasteiger partial charge >= 0.3 is 0 Å². The summed E-state index contributed by atoms with van der Waals surface area (Å²) >= 11 is 5.97. The van der Waals surface area contributed by atoms with Gasteiger partial charge in [0.25, 0.3) is 0 Å². The molecule has 2 rings (SSSR count). The Balaban J connectivity index is 2.83. The normalized spacial score (nSPS) is 12.8. The van der Waals surface area contributed by atoms with Gasteiger partial charge in [-0.1, -0.05) is 11.6 Å². The minimum absolute atomic E-state index is 0.453. The molecule has 1 heterocycles. The van der Waals surface area contributed by atoms with Crippen molar-refractivity contribution in [3.63, 3.8) is 0 Å². The zero-order valence-corrected chi connectivity index (χ0v) is 9.69. The number of nitrogens with zero attached hydrogens (tertiary/aromatic N) is 2. The van der Waals surface area contributed by atoms with Crippen molar-refractivity contribution in [3.05, 3.63) is 29.0 Å². The van der Waals surface area contributed by atoms with Crippen LogP contribution in [0.1, 0.15) is 18.6 Å². The van der Waals surface area contributed by atoms with E-state index in [1.807, 2.05) is 0 Å². The maximum Gasteiger partial charge on any atom is 0.224 e. The predicted octanol–water partition coefficient (Wildman–Crippen LogP) is 2.35. The molecule has 0 spiro atoms. The van der Waals surface area contributed by atoms with Gasteiger partial charge in [0, 0.05) is 10.6 Å². The van der Waals surface area contributed by atoms with Crippen LogP contribution < -0.4 is 4.74 Å². The third-order valence-corrected chi connectivity index (χ3v) is 2.56. The Morgan fingerprint density at radius 2 is 2.12 bits per heavy atom. The fourth-order valence-electron chi connectivity index (χ4n) is 1.62. The van der Waals surface area contributed by atoms with Crippen LogP contribution in [0.25, 0.3) is 10.9 Å². The Morgan fingerprint density at radius 3 is 2.75 bits per heavy atom. The SMILES string of the molecule is COc1ncnc2c(C(C)O)cc(Cl)cc12. The van der Waals surface area contributed by atoms with Crippen LogP contribution in [0, 0.1) is 0 Å². The molecule has 1 N–H and O–H groups in total. The van der Waals surface area contributed by atoms with Gasteiger partial charge in [-0.2, -0.15) is 0 Å². The molecule has 5 heteroatoms. The molecule has 84 valence electrons. The summed E-state index contributed by atoms with van der Waals surface area (Å²) in [6.07, 6.45) is 0.766. The topological polar surface area (TPSA) is 55.2 Å². The molecule has 1 aromatic heterocycles. The molecule has 4 nitrogen and oxygen atoms in total. The number of methoxy groups -OCH3 is 1. The van der Waals surface area contributed by atoms with E-state index in [1.165, 1.54) is 13.4 Å². The highest BCUT2D eigenvalue weighted by atomic mass is 35.5. The summed E-state index contributed by atoms with van der Waals surface area (Å²) in [4.78, 5) is 8.14. The van der Waals surface area contributed by atoms with E-state index in [0.29, 0.717) is 27.4 Å². The van der Waals surface area contributed by atoms with E-state index in [1.54, 1.807) is 19.1 Å². The van der Waals surface area contributed by atoms with Crippen molar-refractivity contribution in [1.29, 1.82) is 0 Å². The second-order valence-electron chi connectivity index (χ2n) is 3.45. The fourth-order valence-corrected chi connectivity index (χ4v) is 1.84. The first-order chi connectivity index (χ1) is 7.63. The Labute approximate surface area is 97.9 Å². The molecular formula is C11H11ClN2O2. The molecule has 0 aliphatic rings. The van der Waals surface area contributed by atoms with Gasteiger partial charge < -0.3 is 9.84 Å². The summed E-state index contributed by atoms with van der Waals surface area (Å²) in [6.45, 7) is 1.67. The Hall–Kier alpha value is -1.39. The minimum Gasteiger partial charge on any atom is -0.480 e. The molecule has 0 aliphatic heterocycles. The number of halogens is 1. The summed E-state index contributed by atoms with van der Waals surface area (Å²) in [5, 5.41) is 10.9. The van der Waals surface area contributed by atoms with Gasteiger partial charge in [-0.25, -0.2) is 9.97 Å². The number of fused-ring (bicyclic) bond motifs is 1. The van der Waals surface area contributed by atoms with Gasteiger partial charge in [-0.15, -0.1) is 0 Å². The van der Waals surface area contributed by atoms with E-state index < -0.39 is 6.10 Å². The molecule has 0 radical (unpaired) electrons. The maximum atomic E-state index is 9.65. The molecule has 0 bridgehead atoms. The smallest absolute Gasteiger partial charge is 0.224 e. The van der Waals surface area contributed by atoms with E-state index in [-0.39, 0.29) is 0 Å². The van der Waals surface area contributed by atoms with Crippen molar-refractivity contribution in [2.24, 2.45) is 0 Å². The summed E-state index contributed by atoms with van der Waals surface area (Å²) in [5.41, 5.74) is 1.33. The number of rotatable bonds is 2. The predicted molar refractivity (Wildman–Crippen MR) is 61.7 cm³/mol. The highest BCUT2D eigenvalue weighted by molar-refractivity contribution is 6.31. The zero-order chi connectivity index (χ0) is 11.7. The van der Waals surface area contributed by atoms with Crippen LogP contribution in [-0.2, 0) is 0 Å². The molecule has 1 atom stereocenters. The van der Waals surface area contributed by atoms with Gasteiger partial charge in [0.05, 0.1) is 24.1 Å². The highest BCUT2D eigenvalue weighted by Crippen LogP contribution is 2.30. The minimum atomic E-state index is -0.638. The average Bonchev–Trinajstić information content (AvgIpc) is 2.27. The first kappa shape index (κ1) is 11.1. The van der Waals surface area contributed by atoms with Crippen molar-refractivity contribution >= 4 is 22.5 Å². The van der Waals surface area contributed by atoms with Crippen molar-refractivity contribution in [3.8, 4) is 5.88 Å². The molecule has 0 aliphatic carbocycles. The van der Waals surface area contributed by atoms with Gasteiger partial charge in [-0.05, 0) is 19.1 Å². The number of benzene rings is 1. The van der Waals surface area contributed by atoms with E-state index in [2.05, 4.69) is 9.97 Å². The third kappa shape index (κ3) is 1.81.